The molecule has 0 saturated carbocycles. The molecule has 2 aromatic rings. The minimum atomic E-state index is -0.639. The second-order valence-electron chi connectivity index (χ2n) is 11.0. The average Bonchev–Trinajstić information content (AvgIpc) is 3.37. The Morgan fingerprint density at radius 1 is 1.21 bits per heavy atom. The third kappa shape index (κ3) is 4.74. The molecule has 184 valence electrons. The van der Waals surface area contributed by atoms with Crippen molar-refractivity contribution in [3.8, 4) is 0 Å². The maximum absolute atomic E-state index is 14.2. The minimum absolute atomic E-state index is 0.0348. The van der Waals surface area contributed by atoms with E-state index in [1.807, 2.05) is 20.8 Å². The van der Waals surface area contributed by atoms with E-state index in [2.05, 4.69) is 10.3 Å². The Hall–Kier alpha value is -3.10. The fraction of sp³-hybridized carbons (Fsp3) is 0.560. The molecule has 1 saturated heterocycles. The molecule has 2 aliphatic rings. The first-order valence-corrected chi connectivity index (χ1v) is 11.6. The van der Waals surface area contributed by atoms with E-state index >= 15 is 0 Å². The highest BCUT2D eigenvalue weighted by atomic mass is 19.1. The molecule has 0 aliphatic carbocycles. The van der Waals surface area contributed by atoms with E-state index < -0.39 is 17.1 Å². The summed E-state index contributed by atoms with van der Waals surface area (Å²) >= 11 is 0. The maximum atomic E-state index is 14.2. The standard InChI is InChI=1S/C25H33FN4O4/c1-24(2,3)22(31)33-14-29-12-10-27-21(29)19-16-9-11-30(23(32)34-25(4,5)6)20(16)17-13-15(26)7-8-18(17)28-19/h7-8,10,12-13,16,19-20,28H,9,11,14H2,1-6H3/t16-,19-,20-/m1/s1. The number of carbonyl (C=O) groups excluding carboxylic acids is 2. The first-order chi connectivity index (χ1) is 15.8. The lowest BCUT2D eigenvalue weighted by molar-refractivity contribution is -0.157. The molecule has 1 aromatic carbocycles. The third-order valence-electron chi connectivity index (χ3n) is 6.12. The quantitative estimate of drug-likeness (QED) is 0.631. The van der Waals surface area contributed by atoms with Crippen molar-refractivity contribution in [2.75, 3.05) is 11.9 Å². The lowest BCUT2D eigenvalue weighted by Gasteiger charge is -2.39. The Balaban J connectivity index is 1.66. The average molecular weight is 473 g/mol. The van der Waals surface area contributed by atoms with E-state index in [4.69, 9.17) is 9.47 Å². The first-order valence-electron chi connectivity index (χ1n) is 11.6. The summed E-state index contributed by atoms with van der Waals surface area (Å²) < 4.78 is 27.2. The molecule has 8 nitrogen and oxygen atoms in total. The van der Waals surface area contributed by atoms with Crippen molar-refractivity contribution in [1.82, 2.24) is 14.5 Å². The zero-order valence-corrected chi connectivity index (χ0v) is 20.6. The van der Waals surface area contributed by atoms with Crippen molar-refractivity contribution in [3.05, 3.63) is 47.8 Å². The Bertz CT molecular complexity index is 1090. The predicted octanol–water partition coefficient (Wildman–Crippen LogP) is 5.03. The van der Waals surface area contributed by atoms with Crippen molar-refractivity contribution in [1.29, 1.82) is 0 Å². The normalized spacial score (nSPS) is 22.0. The number of benzene rings is 1. The Morgan fingerprint density at radius 2 is 1.94 bits per heavy atom. The summed E-state index contributed by atoms with van der Waals surface area (Å²) in [5.74, 6) is -0.0391. The summed E-state index contributed by atoms with van der Waals surface area (Å²) in [6.45, 7) is 11.4. The molecule has 0 spiro atoms. The van der Waals surface area contributed by atoms with Crippen molar-refractivity contribution in [2.45, 2.75) is 72.4 Å². The first kappa shape index (κ1) is 24.0. The molecule has 1 amide bonds. The van der Waals surface area contributed by atoms with Crippen LogP contribution in [-0.2, 0) is 21.0 Å². The summed E-state index contributed by atoms with van der Waals surface area (Å²) in [5, 5.41) is 3.49. The number of esters is 1. The van der Waals surface area contributed by atoms with Crippen LogP contribution < -0.4 is 5.32 Å². The van der Waals surface area contributed by atoms with Gasteiger partial charge in [0.2, 0.25) is 0 Å². The summed E-state index contributed by atoms with van der Waals surface area (Å²) in [5.41, 5.74) is 0.211. The van der Waals surface area contributed by atoms with Gasteiger partial charge in [-0.05, 0) is 66.2 Å². The molecule has 4 rings (SSSR count). The van der Waals surface area contributed by atoms with Crippen LogP contribution in [0.5, 0.6) is 0 Å². The van der Waals surface area contributed by atoms with Crippen LogP contribution in [0.1, 0.15) is 71.4 Å². The molecule has 1 fully saturated rings. The number of likely N-dealkylation sites (tertiary alicyclic amines) is 1. The summed E-state index contributed by atoms with van der Waals surface area (Å²) in [6.07, 6.45) is 3.70. The van der Waals surface area contributed by atoms with Crippen LogP contribution in [0.3, 0.4) is 0 Å². The van der Waals surface area contributed by atoms with Crippen LogP contribution in [0.25, 0.3) is 0 Å². The molecular weight excluding hydrogens is 439 g/mol. The number of aromatic nitrogens is 2. The van der Waals surface area contributed by atoms with Crippen LogP contribution >= 0.6 is 0 Å². The van der Waals surface area contributed by atoms with E-state index in [0.717, 1.165) is 11.3 Å². The lowest BCUT2D eigenvalue weighted by atomic mass is 9.82. The zero-order chi connectivity index (χ0) is 24.8. The second-order valence-corrected chi connectivity index (χ2v) is 11.0. The second kappa shape index (κ2) is 8.60. The number of nitrogens with one attached hydrogen (secondary N) is 1. The van der Waals surface area contributed by atoms with Gasteiger partial charge in [-0.25, -0.2) is 14.2 Å². The van der Waals surface area contributed by atoms with Crippen LogP contribution in [0.15, 0.2) is 30.6 Å². The lowest BCUT2D eigenvalue weighted by Crippen LogP contribution is -2.40. The maximum Gasteiger partial charge on any atom is 0.410 e. The number of carbonyl (C=O) groups is 2. The molecule has 0 bridgehead atoms. The minimum Gasteiger partial charge on any atom is -0.444 e. The summed E-state index contributed by atoms with van der Waals surface area (Å²) in [4.78, 5) is 31.6. The number of anilines is 1. The topological polar surface area (TPSA) is 85.7 Å². The molecule has 0 unspecified atom stereocenters. The number of fused-ring (bicyclic) bond motifs is 3. The van der Waals surface area contributed by atoms with Crippen LogP contribution in [0.4, 0.5) is 14.9 Å². The van der Waals surface area contributed by atoms with E-state index in [1.165, 1.54) is 12.1 Å². The smallest absolute Gasteiger partial charge is 0.410 e. The molecule has 0 radical (unpaired) electrons. The van der Waals surface area contributed by atoms with Gasteiger partial charge < -0.3 is 19.7 Å². The number of rotatable bonds is 3. The highest BCUT2D eigenvalue weighted by Crippen LogP contribution is 2.51. The van der Waals surface area contributed by atoms with Gasteiger partial charge in [-0.2, -0.15) is 0 Å². The number of hydrogen-bond donors (Lipinski definition) is 1. The molecule has 1 N–H and O–H groups in total. The number of nitrogens with zero attached hydrogens (tertiary/aromatic N) is 3. The molecule has 9 heteroatoms. The number of imidazole rings is 1. The Labute approximate surface area is 199 Å². The zero-order valence-electron chi connectivity index (χ0n) is 20.6. The molecule has 1 aromatic heterocycles. The Kier molecular flexibility index (Phi) is 6.08. The molecule has 2 aliphatic heterocycles. The number of ether oxygens (including phenoxy) is 2. The molecule has 3 heterocycles. The monoisotopic (exact) mass is 472 g/mol. The van der Waals surface area contributed by atoms with Gasteiger partial charge in [-0.1, -0.05) is 0 Å². The van der Waals surface area contributed by atoms with E-state index in [1.54, 1.807) is 48.7 Å². The summed E-state index contributed by atoms with van der Waals surface area (Å²) in [7, 11) is 0. The molecule has 3 atom stereocenters. The highest BCUT2D eigenvalue weighted by molar-refractivity contribution is 5.75. The number of hydrogen-bond acceptors (Lipinski definition) is 6. The third-order valence-corrected chi connectivity index (χ3v) is 6.12. The van der Waals surface area contributed by atoms with Gasteiger partial charge in [0.05, 0.1) is 17.5 Å². The van der Waals surface area contributed by atoms with Gasteiger partial charge in [-0.15, -0.1) is 0 Å². The largest absolute Gasteiger partial charge is 0.444 e. The van der Waals surface area contributed by atoms with Crippen LogP contribution in [0.2, 0.25) is 0 Å². The SMILES string of the molecule is CC(C)(C)OC(=O)N1CC[C@@H]2[C@H](c3nccn3COC(=O)C(C)(C)C)Nc3ccc(F)cc3[C@@H]21. The van der Waals surface area contributed by atoms with E-state index in [9.17, 15) is 14.0 Å². The van der Waals surface area contributed by atoms with E-state index in [-0.39, 0.29) is 36.5 Å². The van der Waals surface area contributed by atoms with Gasteiger partial charge >= 0.3 is 12.1 Å². The van der Waals surface area contributed by atoms with E-state index in [0.29, 0.717) is 18.8 Å². The fourth-order valence-corrected chi connectivity index (χ4v) is 4.58. The Morgan fingerprint density at radius 3 is 2.62 bits per heavy atom. The fourth-order valence-electron chi connectivity index (χ4n) is 4.58. The van der Waals surface area contributed by atoms with Gasteiger partial charge in [0.15, 0.2) is 6.73 Å². The van der Waals surface area contributed by atoms with Gasteiger partial charge in [0, 0.05) is 36.1 Å². The highest BCUT2D eigenvalue weighted by Gasteiger charge is 2.48. The van der Waals surface area contributed by atoms with Gasteiger partial charge in [-0.3, -0.25) is 9.36 Å². The van der Waals surface area contributed by atoms with Gasteiger partial charge in [0.1, 0.15) is 17.2 Å². The van der Waals surface area contributed by atoms with Crippen LogP contribution in [0, 0.1) is 17.2 Å². The molecular formula is C25H33FN4O4. The van der Waals surface area contributed by atoms with Crippen molar-refractivity contribution < 1.29 is 23.5 Å². The van der Waals surface area contributed by atoms with Crippen LogP contribution in [-0.4, -0.2) is 38.7 Å². The number of amides is 1. The molecule has 34 heavy (non-hydrogen) atoms. The van der Waals surface area contributed by atoms with Gasteiger partial charge in [0.25, 0.3) is 0 Å². The predicted molar refractivity (Wildman–Crippen MR) is 124 cm³/mol. The van der Waals surface area contributed by atoms with Crippen molar-refractivity contribution in [3.63, 3.8) is 0 Å². The van der Waals surface area contributed by atoms with Crippen molar-refractivity contribution in [2.24, 2.45) is 11.3 Å². The number of halogens is 1. The summed E-state index contributed by atoms with van der Waals surface area (Å²) in [6, 6.07) is 3.93. The van der Waals surface area contributed by atoms with Crippen molar-refractivity contribution >= 4 is 17.7 Å².